The molecule has 5 nitrogen and oxygen atoms in total. The topological polar surface area (TPSA) is 83.5 Å². The van der Waals surface area contributed by atoms with Gasteiger partial charge in [0.05, 0.1) is 15.6 Å². The van der Waals surface area contributed by atoms with Crippen LogP contribution in [0, 0.1) is 0 Å². The Morgan fingerprint density at radius 2 is 1.95 bits per heavy atom. The summed E-state index contributed by atoms with van der Waals surface area (Å²) in [5, 5.41) is 8.60. The molecule has 0 unspecified atom stereocenters. The van der Waals surface area contributed by atoms with E-state index in [0.717, 1.165) is 12.1 Å². The van der Waals surface area contributed by atoms with Crippen LogP contribution in [0.3, 0.4) is 0 Å². The van der Waals surface area contributed by atoms with Crippen molar-refractivity contribution in [3.05, 3.63) is 38.8 Å². The fourth-order valence-electron chi connectivity index (χ4n) is 1.15. The van der Waals surface area contributed by atoms with Crippen LogP contribution in [0.4, 0.5) is 0 Å². The van der Waals surface area contributed by atoms with Crippen molar-refractivity contribution in [2.45, 2.75) is 4.90 Å². The lowest BCUT2D eigenvalue weighted by molar-refractivity contribution is 0.0697. The molecule has 0 aromatic heterocycles. The van der Waals surface area contributed by atoms with Gasteiger partial charge in [-0.3, -0.25) is 0 Å². The first-order valence-corrected chi connectivity index (χ1v) is 7.73. The summed E-state index contributed by atoms with van der Waals surface area (Å²) >= 11 is 14.4. The van der Waals surface area contributed by atoms with E-state index in [1.807, 2.05) is 0 Å². The number of hydrogen-bond acceptors (Lipinski definition) is 3. The first-order chi connectivity index (χ1) is 8.65. The van der Waals surface area contributed by atoms with Crippen LogP contribution < -0.4 is 4.72 Å². The quantitative estimate of drug-likeness (QED) is 0.812. The minimum absolute atomic E-state index is 0.0519. The molecule has 0 saturated carbocycles. The van der Waals surface area contributed by atoms with Gasteiger partial charge in [-0.05, 0) is 12.1 Å². The van der Waals surface area contributed by atoms with Gasteiger partial charge in [0.25, 0.3) is 0 Å². The van der Waals surface area contributed by atoms with Crippen LogP contribution >= 0.6 is 39.1 Å². The van der Waals surface area contributed by atoms with E-state index in [-0.39, 0.29) is 27.0 Å². The molecule has 1 rings (SSSR count). The summed E-state index contributed by atoms with van der Waals surface area (Å²) in [6.45, 7) is 3.42. The van der Waals surface area contributed by atoms with E-state index in [1.54, 1.807) is 0 Å². The maximum Gasteiger partial charge on any atom is 0.337 e. The Kier molecular flexibility index (Phi) is 5.40. The highest BCUT2D eigenvalue weighted by Gasteiger charge is 2.22. The zero-order valence-electron chi connectivity index (χ0n) is 9.28. The Hall–Kier alpha value is -0.600. The van der Waals surface area contributed by atoms with Gasteiger partial charge in [0.2, 0.25) is 10.0 Å². The van der Waals surface area contributed by atoms with Crippen molar-refractivity contribution in [1.29, 1.82) is 0 Å². The van der Waals surface area contributed by atoms with Crippen LogP contribution in [0.15, 0.2) is 28.1 Å². The highest BCUT2D eigenvalue weighted by atomic mass is 79.9. The molecule has 0 aliphatic heterocycles. The summed E-state index contributed by atoms with van der Waals surface area (Å²) in [6, 6.07) is 1.98. The standard InChI is InChI=1S/C10H8BrCl2NO4S/c1-5(11)4-14-19(17,18)9-2-6(10(15)16)7(12)3-8(9)13/h2-3,14H,1,4H2,(H,15,16). The number of carboxylic acid groups (broad SMARTS) is 1. The van der Waals surface area contributed by atoms with Gasteiger partial charge in [0.15, 0.2) is 0 Å². The van der Waals surface area contributed by atoms with Crippen molar-refractivity contribution in [3.63, 3.8) is 0 Å². The average Bonchev–Trinajstić information content (AvgIpc) is 2.25. The summed E-state index contributed by atoms with van der Waals surface area (Å²) < 4.78 is 26.5. The highest BCUT2D eigenvalue weighted by molar-refractivity contribution is 9.11. The van der Waals surface area contributed by atoms with Crippen molar-refractivity contribution in [2.75, 3.05) is 6.54 Å². The minimum atomic E-state index is -3.95. The molecule has 0 heterocycles. The largest absolute Gasteiger partial charge is 0.478 e. The fraction of sp³-hybridized carbons (Fsp3) is 0.100. The molecule has 0 saturated heterocycles. The Labute approximate surface area is 128 Å². The molecule has 0 bridgehead atoms. The monoisotopic (exact) mass is 387 g/mol. The maximum absolute atomic E-state index is 12.0. The predicted octanol–water partition coefficient (Wildman–Crippen LogP) is 2.88. The Balaban J connectivity index is 3.30. The number of sulfonamides is 1. The molecule has 2 N–H and O–H groups in total. The third-order valence-electron chi connectivity index (χ3n) is 2.00. The molecule has 9 heteroatoms. The Morgan fingerprint density at radius 1 is 1.37 bits per heavy atom. The van der Waals surface area contributed by atoms with Crippen molar-refractivity contribution in [3.8, 4) is 0 Å². The van der Waals surface area contributed by atoms with Gasteiger partial charge < -0.3 is 5.11 Å². The number of rotatable bonds is 5. The van der Waals surface area contributed by atoms with Crippen molar-refractivity contribution >= 4 is 55.1 Å². The van der Waals surface area contributed by atoms with E-state index in [4.69, 9.17) is 28.3 Å². The SMILES string of the molecule is C=C(Br)CNS(=O)(=O)c1cc(C(=O)O)c(Cl)cc1Cl. The van der Waals surface area contributed by atoms with Gasteiger partial charge >= 0.3 is 5.97 Å². The molecule has 19 heavy (non-hydrogen) atoms. The molecule has 0 aliphatic carbocycles. The summed E-state index contributed by atoms with van der Waals surface area (Å²) in [4.78, 5) is 10.6. The van der Waals surface area contributed by atoms with Crippen LogP contribution in [0.2, 0.25) is 10.0 Å². The third-order valence-corrected chi connectivity index (χ3v) is 4.45. The van der Waals surface area contributed by atoms with E-state index >= 15 is 0 Å². The summed E-state index contributed by atoms with van der Waals surface area (Å²) in [6.07, 6.45) is 0. The Morgan fingerprint density at radius 3 is 2.42 bits per heavy atom. The summed E-state index contributed by atoms with van der Waals surface area (Å²) in [5.74, 6) is -1.34. The molecule has 0 fully saturated rings. The van der Waals surface area contributed by atoms with Crippen LogP contribution in [0.25, 0.3) is 0 Å². The second-order valence-electron chi connectivity index (χ2n) is 3.41. The van der Waals surface area contributed by atoms with Gasteiger partial charge in [-0.15, -0.1) is 0 Å². The third kappa shape index (κ3) is 4.19. The minimum Gasteiger partial charge on any atom is -0.478 e. The number of aromatic carboxylic acids is 1. The molecule has 104 valence electrons. The second kappa shape index (κ2) is 6.23. The molecule has 0 spiro atoms. The van der Waals surface area contributed by atoms with Crippen LogP contribution in [-0.2, 0) is 10.0 Å². The molecule has 1 aromatic rings. The van der Waals surface area contributed by atoms with Gasteiger partial charge in [0, 0.05) is 11.0 Å². The normalized spacial score (nSPS) is 11.3. The number of nitrogens with one attached hydrogen (secondary N) is 1. The molecule has 0 amide bonds. The molecular formula is C10H8BrCl2NO4S. The maximum atomic E-state index is 12.0. The van der Waals surface area contributed by atoms with E-state index in [1.165, 1.54) is 0 Å². The van der Waals surface area contributed by atoms with Gasteiger partial charge in [-0.2, -0.15) is 0 Å². The van der Waals surface area contributed by atoms with Gasteiger partial charge in [-0.1, -0.05) is 45.7 Å². The average molecular weight is 389 g/mol. The lowest BCUT2D eigenvalue weighted by atomic mass is 10.2. The first kappa shape index (κ1) is 16.5. The van der Waals surface area contributed by atoms with E-state index < -0.39 is 16.0 Å². The van der Waals surface area contributed by atoms with E-state index in [2.05, 4.69) is 27.2 Å². The fourth-order valence-corrected chi connectivity index (χ4v) is 3.35. The van der Waals surface area contributed by atoms with Gasteiger partial charge in [-0.25, -0.2) is 17.9 Å². The smallest absolute Gasteiger partial charge is 0.337 e. The highest BCUT2D eigenvalue weighted by Crippen LogP contribution is 2.28. The number of carbonyl (C=O) groups is 1. The summed E-state index contributed by atoms with van der Waals surface area (Å²) in [5.41, 5.74) is -0.343. The summed E-state index contributed by atoms with van der Waals surface area (Å²) in [7, 11) is -3.95. The molecule has 0 radical (unpaired) electrons. The number of benzene rings is 1. The molecule has 0 aliphatic rings. The lowest BCUT2D eigenvalue weighted by Gasteiger charge is -2.09. The zero-order valence-corrected chi connectivity index (χ0v) is 13.2. The van der Waals surface area contributed by atoms with E-state index in [9.17, 15) is 13.2 Å². The number of halogens is 3. The van der Waals surface area contributed by atoms with Crippen molar-refractivity contribution in [2.24, 2.45) is 0 Å². The van der Waals surface area contributed by atoms with Crippen molar-refractivity contribution in [1.82, 2.24) is 4.72 Å². The molecule has 1 aromatic carbocycles. The zero-order chi connectivity index (χ0) is 14.8. The predicted molar refractivity (Wildman–Crippen MR) is 76.7 cm³/mol. The van der Waals surface area contributed by atoms with E-state index in [0.29, 0.717) is 4.48 Å². The number of hydrogen-bond donors (Lipinski definition) is 2. The Bertz CT molecular complexity index is 645. The van der Waals surface area contributed by atoms with Crippen molar-refractivity contribution < 1.29 is 18.3 Å². The second-order valence-corrected chi connectivity index (χ2v) is 7.08. The molecular weight excluding hydrogens is 381 g/mol. The van der Waals surface area contributed by atoms with Crippen LogP contribution in [0.1, 0.15) is 10.4 Å². The first-order valence-electron chi connectivity index (χ1n) is 4.70. The van der Waals surface area contributed by atoms with Crippen LogP contribution in [0.5, 0.6) is 0 Å². The lowest BCUT2D eigenvalue weighted by Crippen LogP contribution is -2.25. The number of carboxylic acids is 1. The van der Waals surface area contributed by atoms with Gasteiger partial charge in [0.1, 0.15) is 4.90 Å². The molecule has 0 atom stereocenters. The van der Waals surface area contributed by atoms with Crippen LogP contribution in [-0.4, -0.2) is 26.0 Å².